The van der Waals surface area contributed by atoms with Crippen LogP contribution in [0.1, 0.15) is 47.9 Å². The van der Waals surface area contributed by atoms with Gasteiger partial charge in [-0.1, -0.05) is 18.1 Å². The van der Waals surface area contributed by atoms with Crippen LogP contribution < -0.4 is 0 Å². The van der Waals surface area contributed by atoms with Gasteiger partial charge in [-0.05, 0) is 12.8 Å². The van der Waals surface area contributed by atoms with E-state index in [4.69, 9.17) is 0 Å². The number of aldehydes is 1. The standard InChI is InChI=1S/C9H10F3N3O/c10-9(11,12)8-7(5-16)13-14-15(8)6-3-1-2-4-6/h5-6H,1-4H2. The number of hydrogen-bond acceptors (Lipinski definition) is 3. The highest BCUT2D eigenvalue weighted by Gasteiger charge is 2.41. The minimum Gasteiger partial charge on any atom is -0.296 e. The van der Waals surface area contributed by atoms with Crippen LogP contribution in [0.3, 0.4) is 0 Å². The fourth-order valence-corrected chi connectivity index (χ4v) is 2.06. The Labute approximate surface area is 89.4 Å². The number of halogens is 3. The van der Waals surface area contributed by atoms with Gasteiger partial charge in [0.1, 0.15) is 0 Å². The fraction of sp³-hybridized carbons (Fsp3) is 0.667. The second-order valence-electron chi connectivity index (χ2n) is 3.82. The van der Waals surface area contributed by atoms with Gasteiger partial charge in [0.05, 0.1) is 6.04 Å². The zero-order valence-electron chi connectivity index (χ0n) is 8.37. The molecule has 1 aromatic rings. The molecule has 0 aliphatic heterocycles. The molecular weight excluding hydrogens is 223 g/mol. The van der Waals surface area contributed by atoms with Crippen molar-refractivity contribution in [3.63, 3.8) is 0 Å². The van der Waals surface area contributed by atoms with Crippen LogP contribution in [0.25, 0.3) is 0 Å². The van der Waals surface area contributed by atoms with Crippen LogP contribution in [0.2, 0.25) is 0 Å². The molecule has 0 unspecified atom stereocenters. The molecule has 88 valence electrons. The number of carbonyl (C=O) groups is 1. The molecule has 4 nitrogen and oxygen atoms in total. The molecule has 0 bridgehead atoms. The van der Waals surface area contributed by atoms with Crippen molar-refractivity contribution < 1.29 is 18.0 Å². The van der Waals surface area contributed by atoms with Gasteiger partial charge >= 0.3 is 6.18 Å². The van der Waals surface area contributed by atoms with Crippen molar-refractivity contribution >= 4 is 6.29 Å². The Kier molecular flexibility index (Phi) is 2.69. The molecule has 0 spiro atoms. The number of nitrogens with zero attached hydrogens (tertiary/aromatic N) is 3. The minimum absolute atomic E-state index is 0.0985. The SMILES string of the molecule is O=Cc1nnn(C2CCCC2)c1C(F)(F)F. The molecule has 1 aliphatic rings. The Morgan fingerprint density at radius 3 is 2.44 bits per heavy atom. The maximum atomic E-state index is 12.7. The van der Waals surface area contributed by atoms with Crippen LogP contribution in [0.5, 0.6) is 0 Å². The summed E-state index contributed by atoms with van der Waals surface area (Å²) in [6.07, 6.45) is -1.39. The van der Waals surface area contributed by atoms with Gasteiger partial charge < -0.3 is 0 Å². The zero-order chi connectivity index (χ0) is 11.8. The lowest BCUT2D eigenvalue weighted by Gasteiger charge is -2.14. The van der Waals surface area contributed by atoms with Gasteiger partial charge in [-0.2, -0.15) is 13.2 Å². The van der Waals surface area contributed by atoms with E-state index in [1.165, 1.54) is 0 Å². The summed E-state index contributed by atoms with van der Waals surface area (Å²) in [7, 11) is 0. The molecule has 2 rings (SSSR count). The monoisotopic (exact) mass is 233 g/mol. The lowest BCUT2D eigenvalue weighted by molar-refractivity contribution is -0.145. The number of alkyl halides is 3. The minimum atomic E-state index is -4.58. The van der Waals surface area contributed by atoms with E-state index in [1.54, 1.807) is 0 Å². The van der Waals surface area contributed by atoms with Gasteiger partial charge in [-0.3, -0.25) is 4.79 Å². The molecule has 0 amide bonds. The van der Waals surface area contributed by atoms with Crippen LogP contribution >= 0.6 is 0 Å². The second kappa shape index (κ2) is 3.88. The normalized spacial score (nSPS) is 17.9. The Balaban J connectivity index is 2.44. The van der Waals surface area contributed by atoms with Crippen molar-refractivity contribution in [2.24, 2.45) is 0 Å². The summed E-state index contributed by atoms with van der Waals surface area (Å²) >= 11 is 0. The maximum absolute atomic E-state index is 12.7. The van der Waals surface area contributed by atoms with E-state index in [1.807, 2.05) is 0 Å². The average molecular weight is 233 g/mol. The van der Waals surface area contributed by atoms with Crippen LogP contribution in [0.15, 0.2) is 0 Å². The van der Waals surface area contributed by atoms with Gasteiger partial charge in [0, 0.05) is 0 Å². The first-order chi connectivity index (χ1) is 7.54. The summed E-state index contributed by atoms with van der Waals surface area (Å²) in [5.41, 5.74) is -1.64. The van der Waals surface area contributed by atoms with Crippen molar-refractivity contribution in [1.82, 2.24) is 15.0 Å². The largest absolute Gasteiger partial charge is 0.435 e. The van der Waals surface area contributed by atoms with E-state index in [0.29, 0.717) is 12.8 Å². The molecular formula is C9H10F3N3O. The topological polar surface area (TPSA) is 47.8 Å². The summed E-state index contributed by atoms with van der Waals surface area (Å²) < 4.78 is 39.0. The lowest BCUT2D eigenvalue weighted by Crippen LogP contribution is -2.19. The van der Waals surface area contributed by atoms with Gasteiger partial charge in [-0.25, -0.2) is 4.68 Å². The van der Waals surface area contributed by atoms with Crippen molar-refractivity contribution in [2.45, 2.75) is 37.9 Å². The van der Waals surface area contributed by atoms with Gasteiger partial charge in [0.25, 0.3) is 0 Å². The third-order valence-electron chi connectivity index (χ3n) is 2.77. The number of rotatable bonds is 2. The van der Waals surface area contributed by atoms with Crippen molar-refractivity contribution in [3.05, 3.63) is 11.4 Å². The van der Waals surface area contributed by atoms with E-state index < -0.39 is 17.6 Å². The molecule has 1 saturated carbocycles. The predicted molar refractivity (Wildman–Crippen MR) is 47.9 cm³/mol. The third kappa shape index (κ3) is 1.81. The highest BCUT2D eigenvalue weighted by atomic mass is 19.4. The molecule has 16 heavy (non-hydrogen) atoms. The summed E-state index contributed by atoms with van der Waals surface area (Å²) in [6, 6.07) is -0.280. The van der Waals surface area contributed by atoms with Crippen LogP contribution in [0.4, 0.5) is 13.2 Å². The average Bonchev–Trinajstić information content (AvgIpc) is 2.84. The van der Waals surface area contributed by atoms with E-state index in [2.05, 4.69) is 10.3 Å². The molecule has 1 aromatic heterocycles. The fourth-order valence-electron chi connectivity index (χ4n) is 2.06. The number of aromatic nitrogens is 3. The molecule has 0 N–H and O–H groups in total. The van der Waals surface area contributed by atoms with E-state index in [-0.39, 0.29) is 12.3 Å². The Hall–Kier alpha value is -1.40. The maximum Gasteiger partial charge on any atom is 0.435 e. The van der Waals surface area contributed by atoms with Gasteiger partial charge in [-0.15, -0.1) is 5.10 Å². The van der Waals surface area contributed by atoms with E-state index in [0.717, 1.165) is 17.5 Å². The second-order valence-corrected chi connectivity index (χ2v) is 3.82. The highest BCUT2D eigenvalue weighted by Crippen LogP contribution is 2.36. The first kappa shape index (κ1) is 11.1. The Bertz CT molecular complexity index is 393. The third-order valence-corrected chi connectivity index (χ3v) is 2.77. The highest BCUT2D eigenvalue weighted by molar-refractivity contribution is 5.73. The first-order valence-corrected chi connectivity index (χ1v) is 5.01. The van der Waals surface area contributed by atoms with Gasteiger partial charge in [0.2, 0.25) is 0 Å². The van der Waals surface area contributed by atoms with Crippen LogP contribution in [-0.2, 0) is 6.18 Å². The molecule has 7 heteroatoms. The predicted octanol–water partition coefficient (Wildman–Crippen LogP) is 2.22. The molecule has 0 saturated heterocycles. The summed E-state index contributed by atoms with van der Waals surface area (Å²) in [5, 5.41) is 6.72. The van der Waals surface area contributed by atoms with Crippen LogP contribution in [0, 0.1) is 0 Å². The van der Waals surface area contributed by atoms with E-state index in [9.17, 15) is 18.0 Å². The van der Waals surface area contributed by atoms with E-state index >= 15 is 0 Å². The molecule has 0 atom stereocenters. The quantitative estimate of drug-likeness (QED) is 0.736. The Morgan fingerprint density at radius 1 is 1.31 bits per heavy atom. The summed E-state index contributed by atoms with van der Waals surface area (Å²) in [5.74, 6) is 0. The molecule has 1 fully saturated rings. The van der Waals surface area contributed by atoms with Crippen molar-refractivity contribution in [3.8, 4) is 0 Å². The summed E-state index contributed by atoms with van der Waals surface area (Å²) in [4.78, 5) is 10.5. The van der Waals surface area contributed by atoms with Crippen LogP contribution in [-0.4, -0.2) is 21.3 Å². The molecule has 0 radical (unpaired) electrons. The first-order valence-electron chi connectivity index (χ1n) is 5.01. The lowest BCUT2D eigenvalue weighted by atomic mass is 10.2. The number of carbonyl (C=O) groups excluding carboxylic acids is 1. The zero-order valence-corrected chi connectivity index (χ0v) is 8.37. The smallest absolute Gasteiger partial charge is 0.296 e. The Morgan fingerprint density at radius 2 is 1.94 bits per heavy atom. The molecule has 0 aromatic carbocycles. The van der Waals surface area contributed by atoms with Crippen molar-refractivity contribution in [1.29, 1.82) is 0 Å². The molecule has 1 heterocycles. The molecule has 1 aliphatic carbocycles. The number of hydrogen-bond donors (Lipinski definition) is 0. The van der Waals surface area contributed by atoms with Crippen molar-refractivity contribution in [2.75, 3.05) is 0 Å². The van der Waals surface area contributed by atoms with Gasteiger partial charge in [0.15, 0.2) is 17.7 Å². The summed E-state index contributed by atoms with van der Waals surface area (Å²) in [6.45, 7) is 0.